The first-order valence-corrected chi connectivity index (χ1v) is 12.0. The Kier molecular flexibility index (Phi) is 8.45. The van der Waals surface area contributed by atoms with E-state index >= 15 is 0 Å². The van der Waals surface area contributed by atoms with E-state index in [1.807, 2.05) is 42.2 Å². The number of halogens is 1. The fourth-order valence-electron chi connectivity index (χ4n) is 4.17. The molecule has 0 spiro atoms. The van der Waals surface area contributed by atoms with Gasteiger partial charge in [-0.1, -0.05) is 6.07 Å². The van der Waals surface area contributed by atoms with Gasteiger partial charge >= 0.3 is 0 Å². The average Bonchev–Trinajstić information content (AvgIpc) is 3.18. The maximum atomic E-state index is 13.6. The third-order valence-electron chi connectivity index (χ3n) is 6.05. The molecule has 9 heteroatoms. The van der Waals surface area contributed by atoms with Crippen molar-refractivity contribution in [2.24, 2.45) is 0 Å². The molecule has 2 heterocycles. The summed E-state index contributed by atoms with van der Waals surface area (Å²) in [5.74, 6) is 1.55. The van der Waals surface area contributed by atoms with Gasteiger partial charge in [0.2, 0.25) is 0 Å². The van der Waals surface area contributed by atoms with Crippen molar-refractivity contribution in [1.82, 2.24) is 14.7 Å². The van der Waals surface area contributed by atoms with Crippen molar-refractivity contribution in [2.45, 2.75) is 32.5 Å². The highest BCUT2D eigenvalue weighted by Gasteiger charge is 2.33. The molecule has 0 radical (unpaired) electrons. The van der Waals surface area contributed by atoms with Crippen LogP contribution in [0.5, 0.6) is 17.2 Å². The van der Waals surface area contributed by atoms with Crippen molar-refractivity contribution in [3.8, 4) is 17.2 Å². The van der Waals surface area contributed by atoms with Gasteiger partial charge in [-0.05, 0) is 60.9 Å². The molecule has 0 saturated carbocycles. The zero-order valence-electron chi connectivity index (χ0n) is 21.1. The summed E-state index contributed by atoms with van der Waals surface area (Å²) in [7, 11) is 1.62. The van der Waals surface area contributed by atoms with E-state index in [9.17, 15) is 9.50 Å². The van der Waals surface area contributed by atoms with E-state index in [1.54, 1.807) is 26.2 Å². The molecule has 1 aliphatic heterocycles. The average molecular weight is 500 g/mol. The van der Waals surface area contributed by atoms with Crippen LogP contribution >= 0.6 is 0 Å². The second-order valence-corrected chi connectivity index (χ2v) is 9.30. The molecule has 1 atom stereocenters. The summed E-state index contributed by atoms with van der Waals surface area (Å²) in [6.07, 6.45) is 3.79. The number of hydrogen-bond acceptors (Lipinski definition) is 7. The Bertz CT molecular complexity index is 1150. The van der Waals surface area contributed by atoms with Crippen LogP contribution in [-0.2, 0) is 17.8 Å². The molecule has 3 aromatic rings. The summed E-state index contributed by atoms with van der Waals surface area (Å²) in [5.41, 5.74) is 1.43. The van der Waals surface area contributed by atoms with Crippen LogP contribution in [0, 0.1) is 19.7 Å². The molecule has 1 aliphatic rings. The molecule has 1 N–H and O–H groups in total. The zero-order chi connectivity index (χ0) is 25.5. The van der Waals surface area contributed by atoms with Crippen LogP contribution in [0.25, 0.3) is 0 Å². The number of β-amino-alcohol motifs (C(OH)–C–C–N with tert-alkyl or cyclic N) is 1. The summed E-state index contributed by atoms with van der Waals surface area (Å²) in [6, 6.07) is 10.4. The topological polar surface area (TPSA) is 78.2 Å². The van der Waals surface area contributed by atoms with E-state index in [4.69, 9.17) is 18.9 Å². The van der Waals surface area contributed by atoms with Crippen molar-refractivity contribution in [3.63, 3.8) is 0 Å². The summed E-state index contributed by atoms with van der Waals surface area (Å²) >= 11 is 0. The Hall–Kier alpha value is -3.14. The molecule has 0 amide bonds. The largest absolute Gasteiger partial charge is 0.493 e. The number of aryl methyl sites for hydroxylation is 2. The third kappa shape index (κ3) is 6.96. The van der Waals surface area contributed by atoms with Crippen LogP contribution in [-0.4, -0.2) is 72.0 Å². The monoisotopic (exact) mass is 499 g/mol. The maximum absolute atomic E-state index is 13.6. The van der Waals surface area contributed by atoms with Crippen LogP contribution < -0.4 is 14.2 Å². The van der Waals surface area contributed by atoms with Crippen molar-refractivity contribution in [3.05, 3.63) is 71.3 Å². The highest BCUT2D eigenvalue weighted by atomic mass is 19.1. The summed E-state index contributed by atoms with van der Waals surface area (Å²) in [5, 5.41) is 15.5. The smallest absolute Gasteiger partial charge is 0.161 e. The predicted octanol–water partition coefficient (Wildman–Crippen LogP) is 3.37. The van der Waals surface area contributed by atoms with Crippen LogP contribution in [0.15, 0.2) is 48.8 Å². The molecule has 4 rings (SSSR count). The minimum Gasteiger partial charge on any atom is -0.493 e. The minimum absolute atomic E-state index is 0.0401. The lowest BCUT2D eigenvalue weighted by molar-refractivity contribution is -0.0646. The highest BCUT2D eigenvalue weighted by molar-refractivity contribution is 5.43. The molecule has 0 unspecified atom stereocenters. The van der Waals surface area contributed by atoms with Gasteiger partial charge in [-0.25, -0.2) is 4.39 Å². The van der Waals surface area contributed by atoms with E-state index in [1.165, 1.54) is 6.07 Å². The third-order valence-corrected chi connectivity index (χ3v) is 6.05. The lowest BCUT2D eigenvalue weighted by Gasteiger charge is -2.30. The molecule has 194 valence electrons. The predicted molar refractivity (Wildman–Crippen MR) is 133 cm³/mol. The second kappa shape index (κ2) is 11.7. The van der Waals surface area contributed by atoms with Gasteiger partial charge in [0, 0.05) is 25.8 Å². The quantitative estimate of drug-likeness (QED) is 0.458. The summed E-state index contributed by atoms with van der Waals surface area (Å²) < 4.78 is 38.4. The number of ether oxygens (including phenoxy) is 4. The molecule has 1 fully saturated rings. The Morgan fingerprint density at radius 1 is 1.14 bits per heavy atom. The van der Waals surface area contributed by atoms with Gasteiger partial charge in [-0.2, -0.15) is 5.10 Å². The highest BCUT2D eigenvalue weighted by Crippen LogP contribution is 2.29. The Balaban J connectivity index is 1.37. The van der Waals surface area contributed by atoms with Crippen LogP contribution in [0.1, 0.15) is 16.7 Å². The number of rotatable bonds is 10. The SMILES string of the molecule is COc1ccc(CN2CCOC[C@](O)(COc3ccc(F)c(C)c3)C2)cc1OCCn1cc(C)cn1. The number of nitrogens with zero attached hydrogens (tertiary/aromatic N) is 3. The number of methoxy groups -OCH3 is 1. The molecular formula is C27H34FN3O5. The van der Waals surface area contributed by atoms with E-state index < -0.39 is 5.60 Å². The molecule has 2 aromatic carbocycles. The first kappa shape index (κ1) is 25.9. The van der Waals surface area contributed by atoms with Crippen LogP contribution in [0.2, 0.25) is 0 Å². The van der Waals surface area contributed by atoms with Gasteiger partial charge in [-0.15, -0.1) is 0 Å². The van der Waals surface area contributed by atoms with Gasteiger partial charge in [0.05, 0.1) is 33.1 Å². The van der Waals surface area contributed by atoms with E-state index in [0.29, 0.717) is 62.2 Å². The molecule has 1 aromatic heterocycles. The molecule has 36 heavy (non-hydrogen) atoms. The van der Waals surface area contributed by atoms with Crippen LogP contribution in [0.4, 0.5) is 4.39 Å². The van der Waals surface area contributed by atoms with Gasteiger partial charge < -0.3 is 24.1 Å². The van der Waals surface area contributed by atoms with Crippen molar-refractivity contribution >= 4 is 0 Å². The number of benzene rings is 2. The van der Waals surface area contributed by atoms with Gasteiger partial charge in [0.25, 0.3) is 0 Å². The summed E-state index contributed by atoms with van der Waals surface area (Å²) in [4.78, 5) is 2.13. The Labute approximate surface area is 211 Å². The van der Waals surface area contributed by atoms with E-state index in [2.05, 4.69) is 10.00 Å². The minimum atomic E-state index is -1.20. The Morgan fingerprint density at radius 3 is 2.75 bits per heavy atom. The molecule has 8 nitrogen and oxygen atoms in total. The first-order valence-electron chi connectivity index (χ1n) is 12.0. The lowest BCUT2D eigenvalue weighted by atomic mass is 10.1. The van der Waals surface area contributed by atoms with E-state index in [0.717, 1.165) is 11.1 Å². The van der Waals surface area contributed by atoms with Crippen molar-refractivity contribution in [1.29, 1.82) is 0 Å². The van der Waals surface area contributed by atoms with E-state index in [-0.39, 0.29) is 19.0 Å². The van der Waals surface area contributed by atoms with Crippen LogP contribution in [0.3, 0.4) is 0 Å². The maximum Gasteiger partial charge on any atom is 0.161 e. The van der Waals surface area contributed by atoms with Gasteiger partial charge in [0.15, 0.2) is 11.5 Å². The molecule has 1 saturated heterocycles. The number of hydrogen-bond donors (Lipinski definition) is 1. The summed E-state index contributed by atoms with van der Waals surface area (Å²) in [6.45, 7) is 7.10. The van der Waals surface area contributed by atoms with Gasteiger partial charge in [0.1, 0.15) is 30.4 Å². The number of aromatic nitrogens is 2. The molecule has 0 aliphatic carbocycles. The standard InChI is InChI=1S/C27H34FN3O5/c1-20-14-29-31(15-20)9-11-35-26-13-22(4-7-25(26)33-3)16-30-8-10-34-18-27(32,17-30)19-36-23-5-6-24(28)21(2)12-23/h4-7,12-15,32H,8-11,16-19H2,1-3H3/t27-/m0/s1. The number of aliphatic hydroxyl groups is 1. The Morgan fingerprint density at radius 2 is 2.00 bits per heavy atom. The normalized spacial score (nSPS) is 18.6. The molecular weight excluding hydrogens is 465 g/mol. The second-order valence-electron chi connectivity index (χ2n) is 9.30. The van der Waals surface area contributed by atoms with Gasteiger partial charge in [-0.3, -0.25) is 9.58 Å². The fraction of sp³-hybridized carbons (Fsp3) is 0.444. The fourth-order valence-corrected chi connectivity index (χ4v) is 4.17. The zero-order valence-corrected chi connectivity index (χ0v) is 21.1. The lowest BCUT2D eigenvalue weighted by Crippen LogP contribution is -2.48. The van der Waals surface area contributed by atoms with Crippen molar-refractivity contribution in [2.75, 3.05) is 46.6 Å². The van der Waals surface area contributed by atoms with Crippen molar-refractivity contribution < 1.29 is 28.4 Å². The molecule has 0 bridgehead atoms. The first-order chi connectivity index (χ1) is 17.3.